The summed E-state index contributed by atoms with van der Waals surface area (Å²) in [6, 6.07) is 0. The molecule has 0 radical (unpaired) electrons. The third-order valence-electron chi connectivity index (χ3n) is 1.59. The van der Waals surface area contributed by atoms with Crippen LogP contribution < -0.4 is 16.6 Å². The molecule has 0 saturated heterocycles. The minimum absolute atomic E-state index is 0.0389. The summed E-state index contributed by atoms with van der Waals surface area (Å²) < 4.78 is 35.3. The summed E-state index contributed by atoms with van der Waals surface area (Å²) >= 11 is 0. The van der Waals surface area contributed by atoms with E-state index >= 15 is 0 Å². The summed E-state index contributed by atoms with van der Waals surface area (Å²) in [7, 11) is 0. The van der Waals surface area contributed by atoms with E-state index in [0.717, 1.165) is 6.33 Å². The number of alkyl halides is 3. The molecule has 0 aliphatic carbocycles. The summed E-state index contributed by atoms with van der Waals surface area (Å²) in [4.78, 5) is 16.7. The number of anilines is 2. The Bertz CT molecular complexity index is 387. The number of nitrogens with one attached hydrogen (secondary N) is 2. The lowest BCUT2D eigenvalue weighted by molar-refractivity contribution is -0.131. The van der Waals surface area contributed by atoms with Gasteiger partial charge >= 0.3 is 6.18 Å². The van der Waals surface area contributed by atoms with Crippen LogP contribution in [0.3, 0.4) is 0 Å². The first-order valence-electron chi connectivity index (χ1n) is 4.04. The van der Waals surface area contributed by atoms with Crippen molar-refractivity contribution in [2.45, 2.75) is 12.6 Å². The zero-order valence-corrected chi connectivity index (χ0v) is 7.56. The molecule has 1 aromatic rings. The predicted octanol–water partition coefficient (Wildman–Crippen LogP) is 0.716. The van der Waals surface area contributed by atoms with E-state index in [1.54, 1.807) is 0 Å². The van der Waals surface area contributed by atoms with Crippen molar-refractivity contribution in [2.75, 3.05) is 17.6 Å². The molecule has 8 heteroatoms. The molecular formula is C7H9F3N4O. The van der Waals surface area contributed by atoms with Crippen molar-refractivity contribution >= 4 is 11.5 Å². The van der Waals surface area contributed by atoms with E-state index in [9.17, 15) is 18.0 Å². The zero-order chi connectivity index (χ0) is 11.5. The van der Waals surface area contributed by atoms with Gasteiger partial charge in [0.2, 0.25) is 0 Å². The van der Waals surface area contributed by atoms with Crippen LogP contribution in [0.5, 0.6) is 0 Å². The predicted molar refractivity (Wildman–Crippen MR) is 48.4 cm³/mol. The lowest BCUT2D eigenvalue weighted by atomic mass is 10.4. The second kappa shape index (κ2) is 4.20. The summed E-state index contributed by atoms with van der Waals surface area (Å²) in [5, 5.41) is 2.33. The Balaban J connectivity index is 2.59. The Morgan fingerprint density at radius 2 is 2.20 bits per heavy atom. The van der Waals surface area contributed by atoms with Crippen molar-refractivity contribution in [3.8, 4) is 0 Å². The van der Waals surface area contributed by atoms with Crippen LogP contribution in [0.25, 0.3) is 0 Å². The molecular weight excluding hydrogens is 213 g/mol. The van der Waals surface area contributed by atoms with Crippen LogP contribution in [0.15, 0.2) is 11.1 Å². The molecule has 0 bridgehead atoms. The van der Waals surface area contributed by atoms with Gasteiger partial charge in [0.25, 0.3) is 5.56 Å². The monoisotopic (exact) mass is 222 g/mol. The normalized spacial score (nSPS) is 11.4. The molecule has 0 aliphatic rings. The van der Waals surface area contributed by atoms with E-state index in [4.69, 9.17) is 5.73 Å². The van der Waals surface area contributed by atoms with Crippen LogP contribution in [0, 0.1) is 0 Å². The van der Waals surface area contributed by atoms with Gasteiger partial charge in [0.05, 0.1) is 12.7 Å². The van der Waals surface area contributed by atoms with Crippen LogP contribution in [-0.4, -0.2) is 22.7 Å². The first kappa shape index (κ1) is 11.3. The molecule has 0 amide bonds. The Morgan fingerprint density at radius 3 is 2.80 bits per heavy atom. The molecule has 0 atom stereocenters. The maximum atomic E-state index is 11.8. The second-order valence-electron chi connectivity index (χ2n) is 2.79. The highest BCUT2D eigenvalue weighted by Crippen LogP contribution is 2.19. The highest BCUT2D eigenvalue weighted by atomic mass is 19.4. The van der Waals surface area contributed by atoms with Gasteiger partial charge in [-0.15, -0.1) is 0 Å². The molecule has 5 nitrogen and oxygen atoms in total. The molecule has 0 saturated carbocycles. The average molecular weight is 222 g/mol. The molecule has 0 fully saturated rings. The van der Waals surface area contributed by atoms with E-state index < -0.39 is 18.2 Å². The summed E-state index contributed by atoms with van der Waals surface area (Å²) in [5.74, 6) is -0.0389. The van der Waals surface area contributed by atoms with Crippen molar-refractivity contribution < 1.29 is 13.2 Å². The van der Waals surface area contributed by atoms with Crippen molar-refractivity contribution in [1.29, 1.82) is 0 Å². The standard InChI is InChI=1S/C7H9F3N4O/c8-7(9,10)1-2-12-5-4(11)6(15)14-3-13-5/h3H,1-2,11H2,(H2,12,13,14,15). The number of nitrogens with two attached hydrogens (primary N) is 1. The minimum atomic E-state index is -4.25. The molecule has 15 heavy (non-hydrogen) atoms. The SMILES string of the molecule is Nc1c(NCCC(F)(F)F)nc[nH]c1=O. The Hall–Kier alpha value is -1.73. The van der Waals surface area contributed by atoms with E-state index in [1.165, 1.54) is 0 Å². The van der Waals surface area contributed by atoms with Crippen LogP contribution in [0.1, 0.15) is 6.42 Å². The van der Waals surface area contributed by atoms with E-state index in [-0.39, 0.29) is 18.1 Å². The van der Waals surface area contributed by atoms with Crippen molar-refractivity contribution in [2.24, 2.45) is 0 Å². The average Bonchev–Trinajstić information content (AvgIpc) is 2.10. The van der Waals surface area contributed by atoms with Gasteiger partial charge in [-0.05, 0) is 0 Å². The Labute approximate surface area is 82.5 Å². The molecule has 0 aliphatic heterocycles. The fourth-order valence-electron chi connectivity index (χ4n) is 0.874. The molecule has 1 heterocycles. The highest BCUT2D eigenvalue weighted by Gasteiger charge is 2.26. The van der Waals surface area contributed by atoms with Gasteiger partial charge in [-0.25, -0.2) is 4.98 Å². The van der Waals surface area contributed by atoms with E-state index in [2.05, 4.69) is 15.3 Å². The van der Waals surface area contributed by atoms with Crippen molar-refractivity contribution in [3.63, 3.8) is 0 Å². The summed E-state index contributed by atoms with van der Waals surface area (Å²) in [5.41, 5.74) is 4.48. The topological polar surface area (TPSA) is 83.8 Å². The van der Waals surface area contributed by atoms with Gasteiger partial charge in [0, 0.05) is 6.54 Å². The number of nitrogens with zero attached hydrogens (tertiary/aromatic N) is 1. The fraction of sp³-hybridized carbons (Fsp3) is 0.429. The number of rotatable bonds is 3. The van der Waals surface area contributed by atoms with Gasteiger partial charge in [-0.1, -0.05) is 0 Å². The van der Waals surface area contributed by atoms with Crippen LogP contribution in [0.2, 0.25) is 0 Å². The number of nitrogen functional groups attached to an aromatic ring is 1. The number of H-pyrrole nitrogens is 1. The van der Waals surface area contributed by atoms with Gasteiger partial charge in [0.15, 0.2) is 5.82 Å². The minimum Gasteiger partial charge on any atom is -0.391 e. The van der Waals surface area contributed by atoms with Gasteiger partial charge < -0.3 is 16.0 Å². The zero-order valence-electron chi connectivity index (χ0n) is 7.56. The molecule has 0 unspecified atom stereocenters. The molecule has 4 N–H and O–H groups in total. The molecule has 0 aromatic carbocycles. The lowest BCUT2D eigenvalue weighted by Gasteiger charge is -2.08. The molecule has 0 spiro atoms. The number of aromatic nitrogens is 2. The Kier molecular flexibility index (Phi) is 3.17. The van der Waals surface area contributed by atoms with Crippen LogP contribution in [0.4, 0.5) is 24.7 Å². The second-order valence-corrected chi connectivity index (χ2v) is 2.79. The smallest absolute Gasteiger partial charge is 0.390 e. The first-order valence-corrected chi connectivity index (χ1v) is 4.04. The number of aromatic amines is 1. The van der Waals surface area contributed by atoms with E-state index in [0.29, 0.717) is 0 Å². The highest BCUT2D eigenvalue weighted by molar-refractivity contribution is 5.58. The van der Waals surface area contributed by atoms with Crippen molar-refractivity contribution in [3.05, 3.63) is 16.7 Å². The summed E-state index contributed by atoms with van der Waals surface area (Å²) in [6.45, 7) is -0.371. The van der Waals surface area contributed by atoms with Crippen LogP contribution >= 0.6 is 0 Å². The van der Waals surface area contributed by atoms with Crippen LogP contribution in [-0.2, 0) is 0 Å². The number of hydrogen-bond acceptors (Lipinski definition) is 4. The van der Waals surface area contributed by atoms with E-state index in [1.807, 2.05) is 0 Å². The third kappa shape index (κ3) is 3.49. The largest absolute Gasteiger partial charge is 0.391 e. The number of halogens is 3. The van der Waals surface area contributed by atoms with Gasteiger partial charge in [-0.2, -0.15) is 13.2 Å². The lowest BCUT2D eigenvalue weighted by Crippen LogP contribution is -2.19. The van der Waals surface area contributed by atoms with Crippen molar-refractivity contribution in [1.82, 2.24) is 9.97 Å². The summed E-state index contributed by atoms with van der Waals surface area (Å²) in [6.07, 6.45) is -4.20. The Morgan fingerprint density at radius 1 is 1.53 bits per heavy atom. The quantitative estimate of drug-likeness (QED) is 0.703. The molecule has 84 valence electrons. The molecule has 1 rings (SSSR count). The van der Waals surface area contributed by atoms with Gasteiger partial charge in [-0.3, -0.25) is 4.79 Å². The fourth-order valence-corrected chi connectivity index (χ4v) is 0.874. The third-order valence-corrected chi connectivity index (χ3v) is 1.59. The molecule has 1 aromatic heterocycles. The maximum absolute atomic E-state index is 11.8. The number of hydrogen-bond donors (Lipinski definition) is 3. The van der Waals surface area contributed by atoms with Gasteiger partial charge in [0.1, 0.15) is 5.69 Å². The maximum Gasteiger partial charge on any atom is 0.390 e. The first-order chi connectivity index (χ1) is 6.90.